The Balaban J connectivity index is 1.37. The molecule has 15 heteroatoms. The fourth-order valence-corrected chi connectivity index (χ4v) is 11.8. The Morgan fingerprint density at radius 1 is 1.21 bits per heavy atom. The number of allylic oxidation sites excluding steroid dienone is 2. The minimum Gasteiger partial charge on any atom is -0.481 e. The van der Waals surface area contributed by atoms with E-state index in [0.29, 0.717) is 77.7 Å². The summed E-state index contributed by atoms with van der Waals surface area (Å²) in [6.45, 7) is 5.06. The van der Waals surface area contributed by atoms with E-state index < -0.39 is 28.7 Å². The SMILES string of the molecule is CC=C(CCO)C(=O)OC1(C)CC=C2CSSCC3C(CNC)CN3C(=O)CC3=C(C=C(N)NC3)C2C12Cc1cc3cc(CC(CO)CCO)c(=O)oc3cc1O2. The fourth-order valence-electron chi connectivity index (χ4n) is 9.23. The molecule has 1 spiro atoms. The van der Waals surface area contributed by atoms with Crippen molar-refractivity contribution in [2.24, 2.45) is 23.5 Å². The van der Waals surface area contributed by atoms with Gasteiger partial charge in [-0.05, 0) is 74.6 Å². The third kappa shape index (κ3) is 7.90. The molecular weight excluding hydrogens is 769 g/mol. The molecule has 1 saturated heterocycles. The molecule has 13 nitrogen and oxygen atoms in total. The van der Waals surface area contributed by atoms with Crippen LogP contribution in [-0.2, 0) is 27.2 Å². The zero-order chi connectivity index (χ0) is 40.5. The van der Waals surface area contributed by atoms with Crippen LogP contribution in [-0.4, -0.2) is 107 Å². The van der Waals surface area contributed by atoms with Gasteiger partial charge in [-0.3, -0.25) is 4.79 Å². The van der Waals surface area contributed by atoms with Gasteiger partial charge >= 0.3 is 11.6 Å². The van der Waals surface area contributed by atoms with Gasteiger partial charge in [-0.15, -0.1) is 0 Å². The van der Waals surface area contributed by atoms with Crippen LogP contribution in [0.15, 0.2) is 73.8 Å². The van der Waals surface area contributed by atoms with Crippen LogP contribution >= 0.6 is 21.6 Å². The Kier molecular flexibility index (Phi) is 12.5. The van der Waals surface area contributed by atoms with Crippen LogP contribution < -0.4 is 26.7 Å². The summed E-state index contributed by atoms with van der Waals surface area (Å²) in [6.07, 6.45) is 7.30. The fraction of sp³-hybridized carbons (Fsp3) is 0.548. The van der Waals surface area contributed by atoms with E-state index in [9.17, 15) is 29.7 Å². The molecule has 0 radical (unpaired) electrons. The van der Waals surface area contributed by atoms with Crippen LogP contribution in [0.25, 0.3) is 11.0 Å². The summed E-state index contributed by atoms with van der Waals surface area (Å²) in [5, 5.41) is 36.4. The Morgan fingerprint density at radius 2 is 2.04 bits per heavy atom. The highest BCUT2D eigenvalue weighted by molar-refractivity contribution is 8.76. The second kappa shape index (κ2) is 17.2. The first-order valence-electron chi connectivity index (χ1n) is 19.8. The number of esters is 1. The number of carbonyl (C=O) groups excluding carboxylic acids is 2. The molecule has 1 aromatic carbocycles. The molecule has 0 bridgehead atoms. The number of benzene rings is 1. The molecule has 6 unspecified atom stereocenters. The van der Waals surface area contributed by atoms with Crippen molar-refractivity contribution in [2.45, 2.75) is 69.6 Å². The number of ether oxygens (including phenoxy) is 2. The van der Waals surface area contributed by atoms with Crippen LogP contribution in [0.2, 0.25) is 0 Å². The molecule has 1 amide bonds. The summed E-state index contributed by atoms with van der Waals surface area (Å²) in [4.78, 5) is 43.4. The summed E-state index contributed by atoms with van der Waals surface area (Å²) >= 11 is 0. The third-order valence-corrected chi connectivity index (χ3v) is 14.8. The van der Waals surface area contributed by atoms with E-state index in [1.807, 2.05) is 31.0 Å². The van der Waals surface area contributed by atoms with Crippen molar-refractivity contribution >= 4 is 44.4 Å². The number of nitrogens with zero attached hydrogens (tertiary/aromatic N) is 1. The maximum absolute atomic E-state index is 14.2. The maximum atomic E-state index is 14.2. The number of hydrogen-bond donors (Lipinski definition) is 6. The van der Waals surface area contributed by atoms with Gasteiger partial charge in [0.1, 0.15) is 11.3 Å². The van der Waals surface area contributed by atoms with Crippen molar-refractivity contribution in [1.82, 2.24) is 15.5 Å². The topological polar surface area (TPSA) is 197 Å². The maximum Gasteiger partial charge on any atom is 0.339 e. The van der Waals surface area contributed by atoms with Crippen molar-refractivity contribution in [1.29, 1.82) is 0 Å². The first-order valence-corrected chi connectivity index (χ1v) is 22.3. The zero-order valence-electron chi connectivity index (χ0n) is 32.8. The molecule has 1 aromatic heterocycles. The van der Waals surface area contributed by atoms with Crippen LogP contribution in [0.5, 0.6) is 5.75 Å². The van der Waals surface area contributed by atoms with Crippen LogP contribution in [0.4, 0.5) is 0 Å². The van der Waals surface area contributed by atoms with Gasteiger partial charge in [0.15, 0.2) is 11.2 Å². The van der Waals surface area contributed by atoms with Crippen molar-refractivity contribution in [3.05, 3.63) is 86.1 Å². The summed E-state index contributed by atoms with van der Waals surface area (Å²) in [6, 6.07) is 5.59. The number of nitrogens with one attached hydrogen (secondary N) is 2. The number of fused-ring (bicyclic) bond motifs is 6. The van der Waals surface area contributed by atoms with Crippen molar-refractivity contribution in [3.8, 4) is 5.75 Å². The van der Waals surface area contributed by atoms with Crippen LogP contribution in [0.1, 0.15) is 50.7 Å². The lowest BCUT2D eigenvalue weighted by Gasteiger charge is -2.53. The number of aliphatic hydroxyl groups excluding tert-OH is 3. The molecule has 308 valence electrons. The smallest absolute Gasteiger partial charge is 0.339 e. The van der Waals surface area contributed by atoms with Gasteiger partial charge in [0.05, 0.1) is 18.2 Å². The Bertz CT molecular complexity index is 2080. The number of rotatable bonds is 11. The van der Waals surface area contributed by atoms with E-state index >= 15 is 0 Å². The minimum atomic E-state index is -1.26. The largest absolute Gasteiger partial charge is 0.481 e. The number of hydrogen-bond acceptors (Lipinski definition) is 14. The predicted molar refractivity (Wildman–Crippen MR) is 221 cm³/mol. The summed E-state index contributed by atoms with van der Waals surface area (Å²) in [7, 11) is 5.44. The average molecular weight is 823 g/mol. The first kappa shape index (κ1) is 41.4. The molecule has 5 aliphatic rings. The minimum absolute atomic E-state index is 0.0585. The highest BCUT2D eigenvalue weighted by atomic mass is 33.1. The normalized spacial score (nSPS) is 28.0. The molecule has 1 fully saturated rings. The second-order valence-corrected chi connectivity index (χ2v) is 18.5. The summed E-state index contributed by atoms with van der Waals surface area (Å²) in [5.41, 5.74) is 8.27. The zero-order valence-corrected chi connectivity index (χ0v) is 34.4. The highest BCUT2D eigenvalue weighted by Crippen LogP contribution is 2.57. The first-order chi connectivity index (χ1) is 27.5. The van der Waals surface area contributed by atoms with E-state index in [1.165, 1.54) is 0 Å². The molecule has 7 rings (SSSR count). The molecule has 6 atom stereocenters. The van der Waals surface area contributed by atoms with Gasteiger partial charge in [-0.2, -0.15) is 0 Å². The van der Waals surface area contributed by atoms with E-state index in [-0.39, 0.29) is 57.0 Å². The second-order valence-electron chi connectivity index (χ2n) is 16.0. The average Bonchev–Trinajstić information content (AvgIpc) is 3.55. The summed E-state index contributed by atoms with van der Waals surface area (Å²) < 4.78 is 19.7. The third-order valence-electron chi connectivity index (χ3n) is 12.4. The molecular formula is C42H54N4O9S2. The van der Waals surface area contributed by atoms with Crippen molar-refractivity contribution < 1.29 is 38.8 Å². The van der Waals surface area contributed by atoms with Crippen LogP contribution in [0.3, 0.4) is 0 Å². The lowest BCUT2D eigenvalue weighted by atomic mass is 9.61. The van der Waals surface area contributed by atoms with Gasteiger partial charge in [-0.1, -0.05) is 39.3 Å². The summed E-state index contributed by atoms with van der Waals surface area (Å²) in [5.74, 6) is 1.50. The van der Waals surface area contributed by atoms with Gasteiger partial charge < -0.3 is 50.5 Å². The lowest BCUT2D eigenvalue weighted by Crippen LogP contribution is -2.65. The molecule has 7 N–H and O–H groups in total. The Hall–Kier alpha value is -3.73. The van der Waals surface area contributed by atoms with Gasteiger partial charge in [0, 0.05) is 105 Å². The Morgan fingerprint density at radius 3 is 2.77 bits per heavy atom. The molecule has 1 aliphatic carbocycles. The van der Waals surface area contributed by atoms with E-state index in [1.54, 1.807) is 46.7 Å². The number of carbonyl (C=O) groups is 2. The molecule has 5 heterocycles. The van der Waals surface area contributed by atoms with Gasteiger partial charge in [-0.25, -0.2) is 9.59 Å². The van der Waals surface area contributed by atoms with Crippen molar-refractivity contribution in [2.75, 3.05) is 58.0 Å². The predicted octanol–water partition coefficient (Wildman–Crippen LogP) is 3.11. The van der Waals surface area contributed by atoms with E-state index in [4.69, 9.17) is 19.6 Å². The number of amides is 1. The monoisotopic (exact) mass is 822 g/mol. The molecule has 57 heavy (non-hydrogen) atoms. The number of dihydropyridines is 1. The highest BCUT2D eigenvalue weighted by Gasteiger charge is 2.64. The standard InChI is InChI=1S/C42H54N4O9S2/c1-4-25(7-10-48)40(52)55-41(2)8-5-26-22-56-57-23-33-31(18-44-3)20-46(33)37(50)14-30-19-45-36(43)15-32(30)38(26)42(41)17-29-13-27-12-28(11-24(21-49)6-9-47)39(51)53-34(27)16-35(29)54-42/h4-5,12-13,15-16,24,31,33,38,44-45,47-49H,6-11,14,17-23,43H2,1-3H3. The number of aliphatic hydroxyl groups is 3. The Labute approximate surface area is 340 Å². The number of nitrogens with two attached hydrogens (primary N) is 1. The van der Waals surface area contributed by atoms with Crippen LogP contribution in [0, 0.1) is 17.8 Å². The van der Waals surface area contributed by atoms with E-state index in [0.717, 1.165) is 34.6 Å². The van der Waals surface area contributed by atoms with Gasteiger partial charge in [0.25, 0.3) is 0 Å². The quantitative estimate of drug-likeness (QED) is 0.0636. The van der Waals surface area contributed by atoms with Crippen molar-refractivity contribution in [3.63, 3.8) is 0 Å². The molecule has 4 aliphatic heterocycles. The molecule has 2 aromatic rings. The van der Waals surface area contributed by atoms with E-state index in [2.05, 4.69) is 16.7 Å². The lowest BCUT2D eigenvalue weighted by molar-refractivity contribution is -0.186. The molecule has 0 saturated carbocycles. The van der Waals surface area contributed by atoms with Gasteiger partial charge in [0.2, 0.25) is 5.91 Å².